The van der Waals surface area contributed by atoms with Crippen molar-refractivity contribution in [1.29, 1.82) is 0 Å². The van der Waals surface area contributed by atoms with Gasteiger partial charge in [-0.05, 0) is 47.0 Å². The molecular formula is C21H16O5. The SMILES string of the molecule is O=C(O)c1ccc(OCc2ccc(-c3ccccc3C(=O)O)cc2)cc1. The normalized spacial score (nSPS) is 10.3. The van der Waals surface area contributed by atoms with Crippen LogP contribution in [0, 0.1) is 0 Å². The third-order valence-corrected chi connectivity index (χ3v) is 3.93. The summed E-state index contributed by atoms with van der Waals surface area (Å²) in [5, 5.41) is 18.2. The van der Waals surface area contributed by atoms with E-state index in [1.807, 2.05) is 24.3 Å². The second-order valence-corrected chi connectivity index (χ2v) is 5.67. The first-order valence-electron chi connectivity index (χ1n) is 7.92. The molecule has 0 heterocycles. The molecule has 0 saturated heterocycles. The molecule has 0 bridgehead atoms. The van der Waals surface area contributed by atoms with Gasteiger partial charge in [0.05, 0.1) is 11.1 Å². The lowest BCUT2D eigenvalue weighted by Crippen LogP contribution is -2.00. The van der Waals surface area contributed by atoms with E-state index in [0.29, 0.717) is 17.9 Å². The second-order valence-electron chi connectivity index (χ2n) is 5.67. The topological polar surface area (TPSA) is 83.8 Å². The van der Waals surface area contributed by atoms with E-state index in [1.165, 1.54) is 12.1 Å². The lowest BCUT2D eigenvalue weighted by Gasteiger charge is -2.09. The summed E-state index contributed by atoms with van der Waals surface area (Å²) in [6.45, 7) is 0.327. The first kappa shape index (κ1) is 17.2. The fourth-order valence-electron chi connectivity index (χ4n) is 2.56. The minimum atomic E-state index is -0.978. The van der Waals surface area contributed by atoms with Gasteiger partial charge in [-0.25, -0.2) is 9.59 Å². The van der Waals surface area contributed by atoms with Gasteiger partial charge in [0.2, 0.25) is 0 Å². The van der Waals surface area contributed by atoms with Crippen molar-refractivity contribution in [2.24, 2.45) is 0 Å². The van der Waals surface area contributed by atoms with Gasteiger partial charge >= 0.3 is 11.9 Å². The van der Waals surface area contributed by atoms with Crippen molar-refractivity contribution in [3.63, 3.8) is 0 Å². The number of carboxylic acid groups (broad SMARTS) is 2. The van der Waals surface area contributed by atoms with Crippen LogP contribution in [0.1, 0.15) is 26.3 Å². The molecule has 0 saturated carbocycles. The van der Waals surface area contributed by atoms with Crippen LogP contribution >= 0.6 is 0 Å². The average Bonchev–Trinajstić information content (AvgIpc) is 2.67. The van der Waals surface area contributed by atoms with Crippen molar-refractivity contribution in [3.05, 3.63) is 89.5 Å². The number of aromatic carboxylic acids is 2. The van der Waals surface area contributed by atoms with Gasteiger partial charge in [0, 0.05) is 0 Å². The fourth-order valence-corrected chi connectivity index (χ4v) is 2.56. The molecule has 0 aliphatic rings. The molecule has 0 aliphatic heterocycles. The van der Waals surface area contributed by atoms with Gasteiger partial charge in [-0.2, -0.15) is 0 Å². The van der Waals surface area contributed by atoms with Crippen LogP contribution in [-0.4, -0.2) is 22.2 Å². The Morgan fingerprint density at radius 3 is 2.04 bits per heavy atom. The van der Waals surface area contributed by atoms with Crippen LogP contribution in [0.15, 0.2) is 72.8 Å². The van der Waals surface area contributed by atoms with E-state index in [-0.39, 0.29) is 11.1 Å². The molecule has 26 heavy (non-hydrogen) atoms. The van der Waals surface area contributed by atoms with E-state index in [9.17, 15) is 14.7 Å². The number of benzene rings is 3. The van der Waals surface area contributed by atoms with E-state index in [2.05, 4.69) is 0 Å². The molecule has 3 aromatic rings. The zero-order valence-corrected chi connectivity index (χ0v) is 13.8. The molecule has 5 heteroatoms. The van der Waals surface area contributed by atoms with Gasteiger partial charge in [-0.1, -0.05) is 42.5 Å². The van der Waals surface area contributed by atoms with Crippen molar-refractivity contribution < 1.29 is 24.5 Å². The number of rotatable bonds is 6. The van der Waals surface area contributed by atoms with Crippen molar-refractivity contribution in [1.82, 2.24) is 0 Å². The maximum absolute atomic E-state index is 11.3. The van der Waals surface area contributed by atoms with Crippen LogP contribution in [0.25, 0.3) is 11.1 Å². The quantitative estimate of drug-likeness (QED) is 0.693. The van der Waals surface area contributed by atoms with Crippen LogP contribution in [0.3, 0.4) is 0 Å². The van der Waals surface area contributed by atoms with E-state index in [0.717, 1.165) is 11.1 Å². The standard InChI is InChI=1S/C21H16O5/c22-20(23)16-9-11-17(12-10-16)26-13-14-5-7-15(8-6-14)18-3-1-2-4-19(18)21(24)25/h1-12H,13H2,(H,22,23)(H,24,25). The Hall–Kier alpha value is -3.60. The van der Waals surface area contributed by atoms with Crippen LogP contribution in [-0.2, 0) is 6.61 Å². The number of hydrogen-bond acceptors (Lipinski definition) is 3. The molecule has 2 N–H and O–H groups in total. The Morgan fingerprint density at radius 1 is 0.769 bits per heavy atom. The molecule has 0 aliphatic carbocycles. The van der Waals surface area contributed by atoms with Crippen LogP contribution in [0.2, 0.25) is 0 Å². The maximum Gasteiger partial charge on any atom is 0.336 e. The molecule has 5 nitrogen and oxygen atoms in total. The summed E-state index contributed by atoms with van der Waals surface area (Å²) in [5.74, 6) is -1.36. The average molecular weight is 348 g/mol. The molecule has 0 spiro atoms. The Labute approximate surface area is 150 Å². The highest BCUT2D eigenvalue weighted by molar-refractivity contribution is 5.96. The highest BCUT2D eigenvalue weighted by Gasteiger charge is 2.10. The van der Waals surface area contributed by atoms with Crippen LogP contribution in [0.4, 0.5) is 0 Å². The zero-order valence-electron chi connectivity index (χ0n) is 13.8. The number of carboxylic acids is 2. The molecule has 0 aromatic heterocycles. The summed E-state index contributed by atoms with van der Waals surface area (Å²) >= 11 is 0. The van der Waals surface area contributed by atoms with Gasteiger partial charge in [-0.15, -0.1) is 0 Å². The number of carbonyl (C=O) groups is 2. The summed E-state index contributed by atoms with van der Waals surface area (Å²) < 4.78 is 5.65. The van der Waals surface area contributed by atoms with E-state index in [1.54, 1.807) is 36.4 Å². The highest BCUT2D eigenvalue weighted by Crippen LogP contribution is 2.24. The van der Waals surface area contributed by atoms with Crippen LogP contribution in [0.5, 0.6) is 5.75 Å². The molecule has 0 fully saturated rings. The molecule has 0 atom stereocenters. The number of hydrogen-bond donors (Lipinski definition) is 2. The summed E-state index contributed by atoms with van der Waals surface area (Å²) in [7, 11) is 0. The van der Waals surface area contributed by atoms with Crippen LogP contribution < -0.4 is 4.74 Å². The molecule has 0 amide bonds. The van der Waals surface area contributed by atoms with Gasteiger partial charge in [0.15, 0.2) is 0 Å². The Bertz CT molecular complexity index is 927. The first-order chi connectivity index (χ1) is 12.5. The van der Waals surface area contributed by atoms with Gasteiger partial charge < -0.3 is 14.9 Å². The molecule has 3 aromatic carbocycles. The molecule has 130 valence electrons. The molecule has 3 rings (SSSR count). The van der Waals surface area contributed by atoms with Gasteiger partial charge in [0.25, 0.3) is 0 Å². The van der Waals surface area contributed by atoms with Crippen molar-refractivity contribution in [3.8, 4) is 16.9 Å². The summed E-state index contributed by atoms with van der Waals surface area (Å²) in [6.07, 6.45) is 0. The smallest absolute Gasteiger partial charge is 0.336 e. The fraction of sp³-hybridized carbons (Fsp3) is 0.0476. The Morgan fingerprint density at radius 2 is 1.42 bits per heavy atom. The lowest BCUT2D eigenvalue weighted by atomic mass is 9.99. The maximum atomic E-state index is 11.3. The molecule has 0 radical (unpaired) electrons. The predicted molar refractivity (Wildman–Crippen MR) is 96.6 cm³/mol. The second kappa shape index (κ2) is 7.53. The largest absolute Gasteiger partial charge is 0.489 e. The number of ether oxygens (including phenoxy) is 1. The predicted octanol–water partition coefficient (Wildman–Crippen LogP) is 4.33. The Balaban J connectivity index is 1.70. The van der Waals surface area contributed by atoms with E-state index >= 15 is 0 Å². The van der Waals surface area contributed by atoms with Crippen molar-refractivity contribution >= 4 is 11.9 Å². The van der Waals surface area contributed by atoms with Crippen molar-refractivity contribution in [2.75, 3.05) is 0 Å². The first-order valence-corrected chi connectivity index (χ1v) is 7.92. The van der Waals surface area contributed by atoms with Gasteiger partial charge in [0.1, 0.15) is 12.4 Å². The Kier molecular flexibility index (Phi) is 4.99. The van der Waals surface area contributed by atoms with Gasteiger partial charge in [-0.3, -0.25) is 0 Å². The third kappa shape index (κ3) is 3.89. The lowest BCUT2D eigenvalue weighted by molar-refractivity contribution is 0.0686. The monoisotopic (exact) mass is 348 g/mol. The minimum Gasteiger partial charge on any atom is -0.489 e. The minimum absolute atomic E-state index is 0.207. The van der Waals surface area contributed by atoms with E-state index in [4.69, 9.17) is 9.84 Å². The highest BCUT2D eigenvalue weighted by atomic mass is 16.5. The summed E-state index contributed by atoms with van der Waals surface area (Å²) in [4.78, 5) is 22.2. The summed E-state index contributed by atoms with van der Waals surface area (Å²) in [5.41, 5.74) is 2.87. The third-order valence-electron chi connectivity index (χ3n) is 3.93. The summed E-state index contributed by atoms with van der Waals surface area (Å²) in [6, 6.07) is 20.5. The molecular weight excluding hydrogens is 332 g/mol. The van der Waals surface area contributed by atoms with E-state index < -0.39 is 11.9 Å². The van der Waals surface area contributed by atoms with Crippen molar-refractivity contribution in [2.45, 2.75) is 6.61 Å². The molecule has 0 unspecified atom stereocenters. The zero-order chi connectivity index (χ0) is 18.5.